The van der Waals surface area contributed by atoms with E-state index < -0.39 is 24.1 Å². The number of hydrogen-bond donors (Lipinski definition) is 3. The van der Waals surface area contributed by atoms with E-state index in [9.17, 15) is 14.7 Å². The van der Waals surface area contributed by atoms with Crippen LogP contribution in [-0.2, 0) is 9.53 Å². The minimum Gasteiger partial charge on any atom is -0.504 e. The van der Waals surface area contributed by atoms with Gasteiger partial charge in [-0.15, -0.1) is 0 Å². The number of benzene rings is 2. The third kappa shape index (κ3) is 6.02. The zero-order valence-electron chi connectivity index (χ0n) is 15.3. The van der Waals surface area contributed by atoms with Gasteiger partial charge in [0.2, 0.25) is 0 Å². The molecule has 8 heteroatoms. The van der Waals surface area contributed by atoms with Crippen LogP contribution in [0.2, 0.25) is 0 Å². The second-order valence-electron chi connectivity index (χ2n) is 5.95. The van der Waals surface area contributed by atoms with Crippen LogP contribution in [0.1, 0.15) is 18.6 Å². The van der Waals surface area contributed by atoms with Gasteiger partial charge in [0.15, 0.2) is 11.5 Å². The summed E-state index contributed by atoms with van der Waals surface area (Å²) in [6, 6.07) is 11.5. The third-order valence-corrected chi connectivity index (χ3v) is 4.40. The highest BCUT2D eigenvalue weighted by Gasteiger charge is 2.23. The van der Waals surface area contributed by atoms with Gasteiger partial charge in [0.1, 0.15) is 6.10 Å². The van der Waals surface area contributed by atoms with Crippen LogP contribution in [0.25, 0.3) is 0 Å². The molecule has 0 aliphatic rings. The number of rotatable bonds is 7. The number of carboxylic acid groups (broad SMARTS) is 1. The first-order valence-corrected chi connectivity index (χ1v) is 9.10. The molecule has 0 bridgehead atoms. The number of amides is 1. The highest BCUT2D eigenvalue weighted by molar-refractivity contribution is 9.10. The molecule has 0 aliphatic heterocycles. The van der Waals surface area contributed by atoms with E-state index in [-0.39, 0.29) is 11.5 Å². The molecule has 1 amide bonds. The van der Waals surface area contributed by atoms with Crippen molar-refractivity contribution >= 4 is 33.7 Å². The van der Waals surface area contributed by atoms with Crippen molar-refractivity contribution in [1.29, 1.82) is 0 Å². The maximum atomic E-state index is 12.4. The molecule has 0 radical (unpaired) electrons. The Labute approximate surface area is 170 Å². The molecular weight excluding hydrogens is 430 g/mol. The Morgan fingerprint density at radius 1 is 1.18 bits per heavy atom. The number of aliphatic carboxylic acids is 1. The van der Waals surface area contributed by atoms with Crippen molar-refractivity contribution in [2.45, 2.75) is 13.0 Å². The summed E-state index contributed by atoms with van der Waals surface area (Å²) in [5.41, 5.74) is 1.03. The predicted molar refractivity (Wildman–Crippen MR) is 108 cm³/mol. The van der Waals surface area contributed by atoms with Crippen LogP contribution in [-0.4, -0.2) is 29.4 Å². The Bertz CT molecular complexity index is 865. The maximum Gasteiger partial charge on any atom is 0.412 e. The lowest BCUT2D eigenvalue weighted by Gasteiger charge is -2.23. The van der Waals surface area contributed by atoms with Gasteiger partial charge in [-0.05, 0) is 42.0 Å². The van der Waals surface area contributed by atoms with Crippen molar-refractivity contribution in [3.63, 3.8) is 0 Å². The van der Waals surface area contributed by atoms with Gasteiger partial charge >= 0.3 is 12.1 Å². The highest BCUT2D eigenvalue weighted by atomic mass is 79.9. The van der Waals surface area contributed by atoms with E-state index in [1.165, 1.54) is 19.3 Å². The van der Waals surface area contributed by atoms with Gasteiger partial charge in [-0.2, -0.15) is 0 Å². The molecular formula is C20H20BrNO6. The van der Waals surface area contributed by atoms with E-state index in [4.69, 9.17) is 14.6 Å². The Hall–Kier alpha value is -3.00. The molecule has 3 N–H and O–H groups in total. The quantitative estimate of drug-likeness (QED) is 0.527. The zero-order valence-corrected chi connectivity index (χ0v) is 16.8. The molecule has 2 atom stereocenters. The van der Waals surface area contributed by atoms with Gasteiger partial charge < -0.3 is 19.7 Å². The second-order valence-corrected chi connectivity index (χ2v) is 6.86. The van der Waals surface area contributed by atoms with Crippen LogP contribution < -0.4 is 10.1 Å². The molecule has 0 fully saturated rings. The van der Waals surface area contributed by atoms with Crippen LogP contribution in [0.5, 0.6) is 11.5 Å². The molecule has 2 aromatic carbocycles. The van der Waals surface area contributed by atoms with Crippen LogP contribution in [0.4, 0.5) is 10.5 Å². The highest BCUT2D eigenvalue weighted by Crippen LogP contribution is 2.34. The molecule has 0 aliphatic carbocycles. The molecule has 7 nitrogen and oxygen atoms in total. The van der Waals surface area contributed by atoms with Gasteiger partial charge in [0.25, 0.3) is 0 Å². The van der Waals surface area contributed by atoms with E-state index >= 15 is 0 Å². The summed E-state index contributed by atoms with van der Waals surface area (Å²) in [4.78, 5) is 23.2. The Kier molecular flexibility index (Phi) is 7.45. The van der Waals surface area contributed by atoms with Crippen molar-refractivity contribution in [3.8, 4) is 11.5 Å². The van der Waals surface area contributed by atoms with E-state index in [0.717, 1.165) is 10.5 Å². The summed E-state index contributed by atoms with van der Waals surface area (Å²) >= 11 is 3.32. The summed E-state index contributed by atoms with van der Waals surface area (Å²) in [6.45, 7) is 1.71. The maximum absolute atomic E-state index is 12.4. The smallest absolute Gasteiger partial charge is 0.412 e. The van der Waals surface area contributed by atoms with E-state index in [0.29, 0.717) is 11.3 Å². The zero-order chi connectivity index (χ0) is 20.7. The first-order valence-electron chi connectivity index (χ1n) is 8.31. The number of phenolic OH excluding ortho intramolecular Hbond substituents is 1. The molecule has 2 aromatic rings. The predicted octanol–water partition coefficient (Wildman–Crippen LogP) is 4.73. The summed E-state index contributed by atoms with van der Waals surface area (Å²) < 4.78 is 11.4. The fraction of sp³-hybridized carbons (Fsp3) is 0.200. The van der Waals surface area contributed by atoms with Gasteiger partial charge in [0.05, 0.1) is 7.11 Å². The minimum absolute atomic E-state index is 0.115. The largest absolute Gasteiger partial charge is 0.504 e. The fourth-order valence-corrected chi connectivity index (χ4v) is 2.76. The number of carboxylic acids is 1. The van der Waals surface area contributed by atoms with Crippen LogP contribution in [0.3, 0.4) is 0 Å². The number of anilines is 1. The van der Waals surface area contributed by atoms with Crippen LogP contribution in [0.15, 0.2) is 59.1 Å². The molecule has 0 spiro atoms. The Morgan fingerprint density at radius 3 is 2.43 bits per heavy atom. The van der Waals surface area contributed by atoms with Gasteiger partial charge in [-0.3, -0.25) is 5.32 Å². The minimum atomic E-state index is -1.11. The number of aromatic hydroxyl groups is 1. The van der Waals surface area contributed by atoms with E-state index in [1.807, 2.05) is 0 Å². The Balaban J connectivity index is 2.24. The number of carbonyl (C=O) groups excluding carboxylic acids is 1. The number of methoxy groups -OCH3 is 1. The normalized spacial score (nSPS) is 13.0. The van der Waals surface area contributed by atoms with Gasteiger partial charge in [0, 0.05) is 22.2 Å². The van der Waals surface area contributed by atoms with Crippen molar-refractivity contribution in [1.82, 2.24) is 0 Å². The molecule has 0 saturated heterocycles. The number of phenols is 1. The lowest BCUT2D eigenvalue weighted by molar-refractivity contribution is -0.131. The van der Waals surface area contributed by atoms with E-state index in [1.54, 1.807) is 43.3 Å². The van der Waals surface area contributed by atoms with Gasteiger partial charge in [-0.25, -0.2) is 9.59 Å². The average molecular weight is 450 g/mol. The second kappa shape index (κ2) is 9.80. The van der Waals surface area contributed by atoms with Gasteiger partial charge in [-0.1, -0.05) is 35.0 Å². The summed E-state index contributed by atoms with van der Waals surface area (Å²) in [7, 11) is 1.42. The molecule has 0 saturated carbocycles. The standard InChI is InChI=1S/C20H20BrNO6/c1-12(3-10-18(24)25)19(13-4-9-17(27-2)16(23)11-13)28-20(26)22-15-7-5-14(21)6-8-15/h3-12,19,23H,1-2H3,(H,22,26)(H,24,25)/b10-3+/t12-,19-/m0/s1. The van der Waals surface area contributed by atoms with E-state index in [2.05, 4.69) is 21.2 Å². The Morgan fingerprint density at radius 2 is 1.86 bits per heavy atom. The monoisotopic (exact) mass is 449 g/mol. The number of nitrogens with one attached hydrogen (secondary N) is 1. The lowest BCUT2D eigenvalue weighted by atomic mass is 9.96. The molecule has 0 heterocycles. The van der Waals surface area contributed by atoms with Crippen molar-refractivity contribution in [2.75, 3.05) is 12.4 Å². The number of ether oxygens (including phenoxy) is 2. The van der Waals surface area contributed by atoms with Crippen LogP contribution in [0, 0.1) is 5.92 Å². The summed E-state index contributed by atoms with van der Waals surface area (Å²) in [5.74, 6) is -1.42. The molecule has 0 unspecified atom stereocenters. The average Bonchev–Trinajstić information content (AvgIpc) is 2.66. The third-order valence-electron chi connectivity index (χ3n) is 3.88. The van der Waals surface area contributed by atoms with Crippen molar-refractivity contribution in [3.05, 3.63) is 64.7 Å². The molecule has 148 valence electrons. The first-order chi connectivity index (χ1) is 13.3. The number of carbonyl (C=O) groups is 2. The lowest BCUT2D eigenvalue weighted by Crippen LogP contribution is -2.21. The fourth-order valence-electron chi connectivity index (χ4n) is 2.49. The summed E-state index contributed by atoms with van der Waals surface area (Å²) in [6.07, 6.45) is 0.860. The molecule has 2 rings (SSSR count). The van der Waals surface area contributed by atoms with Crippen molar-refractivity contribution < 1.29 is 29.3 Å². The number of hydrogen-bond acceptors (Lipinski definition) is 5. The summed E-state index contributed by atoms with van der Waals surface area (Å²) in [5, 5.41) is 21.5. The van der Waals surface area contributed by atoms with Crippen LogP contribution >= 0.6 is 15.9 Å². The molecule has 28 heavy (non-hydrogen) atoms. The number of halogens is 1. The SMILES string of the molecule is COc1ccc([C@@H](OC(=O)Nc2ccc(Br)cc2)[C@@H](C)/C=C/C(=O)O)cc1O. The topological polar surface area (TPSA) is 105 Å². The van der Waals surface area contributed by atoms with Crippen molar-refractivity contribution in [2.24, 2.45) is 5.92 Å². The first kappa shape index (κ1) is 21.3. The molecule has 0 aromatic heterocycles.